The summed E-state index contributed by atoms with van der Waals surface area (Å²) < 4.78 is 6.40. The normalized spacial score (nSPS) is 11.5. The van der Waals surface area contributed by atoms with Gasteiger partial charge in [-0.05, 0) is 52.0 Å². The van der Waals surface area contributed by atoms with Gasteiger partial charge in [0.05, 0.1) is 11.1 Å². The molecule has 0 saturated heterocycles. The maximum atomic E-state index is 12.3. The summed E-state index contributed by atoms with van der Waals surface area (Å²) in [6.45, 7) is 6.60. The van der Waals surface area contributed by atoms with Crippen LogP contribution in [-0.4, -0.2) is 39.2 Å². The number of aromatic nitrogens is 1. The Balaban J connectivity index is 2.62. The predicted molar refractivity (Wildman–Crippen MR) is 83.4 cm³/mol. The molecule has 2 N–H and O–H groups in total. The summed E-state index contributed by atoms with van der Waals surface area (Å²) in [5, 5.41) is 19.5. The third kappa shape index (κ3) is 3.21. The number of carbonyl (C=O) groups excluding carboxylic acids is 2. The van der Waals surface area contributed by atoms with E-state index in [2.05, 4.69) is 0 Å². The molecule has 6 nitrogen and oxygen atoms in total. The SMILES string of the molecule is CC(=O)c1ccc2c(c1)cc(B(O)O)n2C(=O)OC(C)(C)C. The summed E-state index contributed by atoms with van der Waals surface area (Å²) in [5.74, 6) is -0.113. The molecule has 0 amide bonds. The summed E-state index contributed by atoms with van der Waals surface area (Å²) in [5.41, 5.74) is 0.199. The number of hydrogen-bond donors (Lipinski definition) is 2. The first-order chi connectivity index (χ1) is 10.1. The lowest BCUT2D eigenvalue weighted by Gasteiger charge is -2.21. The molecule has 0 aliphatic rings. The first-order valence-electron chi connectivity index (χ1n) is 6.86. The number of ether oxygens (including phenoxy) is 1. The van der Waals surface area contributed by atoms with Gasteiger partial charge in [0.25, 0.3) is 0 Å². The molecular formula is C15H18BNO5. The van der Waals surface area contributed by atoms with Gasteiger partial charge >= 0.3 is 13.2 Å². The minimum Gasteiger partial charge on any atom is -0.443 e. The largest absolute Gasteiger partial charge is 0.506 e. The van der Waals surface area contributed by atoms with Gasteiger partial charge < -0.3 is 14.8 Å². The zero-order valence-corrected chi connectivity index (χ0v) is 13.0. The fourth-order valence-electron chi connectivity index (χ4n) is 2.16. The number of ketones is 1. The van der Waals surface area contributed by atoms with Crippen molar-refractivity contribution in [2.24, 2.45) is 0 Å². The minimum atomic E-state index is -1.83. The lowest BCUT2D eigenvalue weighted by molar-refractivity contribution is 0.0547. The highest BCUT2D eigenvalue weighted by Gasteiger charge is 2.27. The number of carbonyl (C=O) groups is 2. The molecule has 2 aromatic rings. The maximum Gasteiger partial charge on any atom is 0.506 e. The highest BCUT2D eigenvalue weighted by Crippen LogP contribution is 2.19. The molecule has 0 fully saturated rings. The van der Waals surface area contributed by atoms with Crippen LogP contribution in [0, 0.1) is 0 Å². The van der Waals surface area contributed by atoms with E-state index in [0.29, 0.717) is 16.5 Å². The lowest BCUT2D eigenvalue weighted by atomic mass is 9.86. The van der Waals surface area contributed by atoms with Crippen LogP contribution in [-0.2, 0) is 4.74 Å². The van der Waals surface area contributed by atoms with Crippen LogP contribution in [0.4, 0.5) is 4.79 Å². The van der Waals surface area contributed by atoms with Crippen LogP contribution in [0.2, 0.25) is 0 Å². The van der Waals surface area contributed by atoms with Crippen LogP contribution >= 0.6 is 0 Å². The standard InChI is InChI=1S/C15H18BNO5/c1-9(18)10-5-6-12-11(7-10)8-13(16(20)21)17(12)14(19)22-15(2,3)4/h5-8,20-21H,1-4H3. The highest BCUT2D eigenvalue weighted by atomic mass is 16.6. The van der Waals surface area contributed by atoms with Crippen molar-refractivity contribution in [1.29, 1.82) is 0 Å². The van der Waals surface area contributed by atoms with E-state index in [1.54, 1.807) is 39.0 Å². The number of hydrogen-bond acceptors (Lipinski definition) is 5. The first-order valence-corrected chi connectivity index (χ1v) is 6.86. The van der Waals surface area contributed by atoms with Crippen molar-refractivity contribution >= 4 is 35.5 Å². The average Bonchev–Trinajstić information content (AvgIpc) is 2.74. The van der Waals surface area contributed by atoms with E-state index in [4.69, 9.17) is 4.74 Å². The third-order valence-electron chi connectivity index (χ3n) is 3.08. The van der Waals surface area contributed by atoms with Crippen molar-refractivity contribution in [3.63, 3.8) is 0 Å². The second kappa shape index (κ2) is 5.59. The van der Waals surface area contributed by atoms with Gasteiger partial charge in [-0.25, -0.2) is 4.79 Å². The summed E-state index contributed by atoms with van der Waals surface area (Å²) in [4.78, 5) is 23.8. The number of benzene rings is 1. The molecule has 2 rings (SSSR count). The number of nitrogens with zero attached hydrogens (tertiary/aromatic N) is 1. The Morgan fingerprint density at radius 3 is 2.32 bits per heavy atom. The highest BCUT2D eigenvalue weighted by molar-refractivity contribution is 6.59. The third-order valence-corrected chi connectivity index (χ3v) is 3.08. The van der Waals surface area contributed by atoms with E-state index in [1.165, 1.54) is 13.0 Å². The van der Waals surface area contributed by atoms with Gasteiger partial charge in [-0.1, -0.05) is 0 Å². The smallest absolute Gasteiger partial charge is 0.443 e. The number of fused-ring (bicyclic) bond motifs is 1. The van der Waals surface area contributed by atoms with Crippen molar-refractivity contribution in [2.75, 3.05) is 0 Å². The van der Waals surface area contributed by atoms with Gasteiger partial charge in [0.15, 0.2) is 5.78 Å². The van der Waals surface area contributed by atoms with Gasteiger partial charge in [-0.15, -0.1) is 0 Å². The molecule has 0 aliphatic heterocycles. The lowest BCUT2D eigenvalue weighted by Crippen LogP contribution is -2.40. The second-order valence-corrected chi connectivity index (χ2v) is 6.09. The molecule has 0 bridgehead atoms. The molecule has 1 aromatic heterocycles. The van der Waals surface area contributed by atoms with Gasteiger partial charge in [0.1, 0.15) is 5.60 Å². The van der Waals surface area contributed by atoms with E-state index >= 15 is 0 Å². The molecular weight excluding hydrogens is 285 g/mol. The Morgan fingerprint density at radius 2 is 1.82 bits per heavy atom. The Bertz CT molecular complexity index is 742. The van der Waals surface area contributed by atoms with Crippen LogP contribution < -0.4 is 5.59 Å². The Labute approximate surface area is 128 Å². The van der Waals surface area contributed by atoms with Gasteiger partial charge in [0, 0.05) is 10.9 Å². The summed E-state index contributed by atoms with van der Waals surface area (Å²) in [7, 11) is -1.83. The Kier molecular flexibility index (Phi) is 4.13. The molecule has 0 atom stereocenters. The molecule has 0 unspecified atom stereocenters. The molecule has 0 aliphatic carbocycles. The van der Waals surface area contributed by atoms with Crippen LogP contribution in [0.3, 0.4) is 0 Å². The van der Waals surface area contributed by atoms with E-state index in [1.807, 2.05) is 0 Å². The number of rotatable bonds is 2. The first kappa shape index (κ1) is 16.3. The average molecular weight is 303 g/mol. The molecule has 7 heteroatoms. The molecule has 0 radical (unpaired) electrons. The Morgan fingerprint density at radius 1 is 1.18 bits per heavy atom. The van der Waals surface area contributed by atoms with Crippen LogP contribution in [0.15, 0.2) is 24.3 Å². The molecule has 1 aromatic carbocycles. The fraction of sp³-hybridized carbons (Fsp3) is 0.333. The monoisotopic (exact) mass is 303 g/mol. The fourth-order valence-corrected chi connectivity index (χ4v) is 2.16. The second-order valence-electron chi connectivity index (χ2n) is 6.09. The van der Waals surface area contributed by atoms with Crippen molar-refractivity contribution in [3.8, 4) is 0 Å². The topological polar surface area (TPSA) is 88.8 Å². The van der Waals surface area contributed by atoms with Crippen molar-refractivity contribution in [2.45, 2.75) is 33.3 Å². The van der Waals surface area contributed by atoms with E-state index in [-0.39, 0.29) is 11.4 Å². The zero-order valence-electron chi connectivity index (χ0n) is 13.0. The molecule has 0 saturated carbocycles. The summed E-state index contributed by atoms with van der Waals surface area (Å²) >= 11 is 0. The molecule has 0 spiro atoms. The minimum absolute atomic E-state index is 0.00930. The zero-order chi connectivity index (χ0) is 16.7. The van der Waals surface area contributed by atoms with E-state index in [9.17, 15) is 19.6 Å². The number of Topliss-reactive ketones (excluding diaryl/α,β-unsaturated/α-hetero) is 1. The summed E-state index contributed by atoms with van der Waals surface area (Å²) in [6.07, 6.45) is -0.707. The summed E-state index contributed by atoms with van der Waals surface area (Å²) in [6, 6.07) is 6.22. The van der Waals surface area contributed by atoms with Crippen molar-refractivity contribution in [3.05, 3.63) is 29.8 Å². The van der Waals surface area contributed by atoms with Crippen LogP contribution in [0.1, 0.15) is 38.1 Å². The van der Waals surface area contributed by atoms with Gasteiger partial charge in [-0.2, -0.15) is 0 Å². The molecule has 1 heterocycles. The van der Waals surface area contributed by atoms with Gasteiger partial charge in [0.2, 0.25) is 0 Å². The van der Waals surface area contributed by atoms with Crippen molar-refractivity contribution in [1.82, 2.24) is 4.57 Å². The van der Waals surface area contributed by atoms with Crippen molar-refractivity contribution < 1.29 is 24.4 Å². The van der Waals surface area contributed by atoms with Crippen LogP contribution in [0.25, 0.3) is 10.9 Å². The quantitative estimate of drug-likeness (QED) is 0.645. The predicted octanol–water partition coefficient (Wildman–Crippen LogP) is 1.31. The maximum absolute atomic E-state index is 12.3. The molecule has 22 heavy (non-hydrogen) atoms. The Hall–Kier alpha value is -2.12. The molecule has 116 valence electrons. The van der Waals surface area contributed by atoms with Gasteiger partial charge in [-0.3, -0.25) is 9.36 Å². The van der Waals surface area contributed by atoms with E-state index < -0.39 is 18.8 Å². The van der Waals surface area contributed by atoms with E-state index in [0.717, 1.165) is 4.57 Å². The van der Waals surface area contributed by atoms with Crippen LogP contribution in [0.5, 0.6) is 0 Å².